The molecule has 0 amide bonds. The second-order valence-electron chi connectivity index (χ2n) is 4.18. The van der Waals surface area contributed by atoms with Crippen molar-refractivity contribution >= 4 is 0 Å². The molecule has 0 unspecified atom stereocenters. The molecule has 0 aliphatic carbocycles. The van der Waals surface area contributed by atoms with Crippen molar-refractivity contribution in [3.8, 4) is 0 Å². The number of hydrogen-bond acceptors (Lipinski definition) is 2. The SMILES string of the molecule is CNCCN(Cc1ccc(F)c(F)c1)CC(F)(F)F. The number of hydrogen-bond donors (Lipinski definition) is 1. The third-order valence-corrected chi connectivity index (χ3v) is 2.47. The van der Waals surface area contributed by atoms with Crippen LogP contribution < -0.4 is 5.32 Å². The summed E-state index contributed by atoms with van der Waals surface area (Å²) >= 11 is 0. The van der Waals surface area contributed by atoms with Crippen LogP contribution in [-0.4, -0.2) is 37.8 Å². The molecule has 0 fully saturated rings. The molecule has 108 valence electrons. The molecule has 0 radical (unpaired) electrons. The Morgan fingerprint density at radius 2 is 1.84 bits per heavy atom. The lowest BCUT2D eigenvalue weighted by atomic mass is 10.2. The van der Waals surface area contributed by atoms with Crippen LogP contribution in [0.1, 0.15) is 5.56 Å². The van der Waals surface area contributed by atoms with Crippen molar-refractivity contribution in [3.05, 3.63) is 35.4 Å². The molecule has 1 aromatic carbocycles. The van der Waals surface area contributed by atoms with E-state index >= 15 is 0 Å². The highest BCUT2D eigenvalue weighted by Crippen LogP contribution is 2.18. The van der Waals surface area contributed by atoms with Gasteiger partial charge in [0.2, 0.25) is 0 Å². The van der Waals surface area contributed by atoms with Gasteiger partial charge >= 0.3 is 6.18 Å². The van der Waals surface area contributed by atoms with E-state index in [2.05, 4.69) is 5.32 Å². The Labute approximate surface area is 108 Å². The third-order valence-electron chi connectivity index (χ3n) is 2.47. The molecule has 0 aliphatic rings. The summed E-state index contributed by atoms with van der Waals surface area (Å²) in [5.41, 5.74) is 0.305. The van der Waals surface area contributed by atoms with Gasteiger partial charge in [0.1, 0.15) is 0 Å². The number of benzene rings is 1. The van der Waals surface area contributed by atoms with Crippen LogP contribution in [0.5, 0.6) is 0 Å². The number of halogens is 5. The molecule has 2 nitrogen and oxygen atoms in total. The van der Waals surface area contributed by atoms with Gasteiger partial charge in [-0.15, -0.1) is 0 Å². The number of rotatable bonds is 6. The average molecular weight is 282 g/mol. The number of nitrogens with one attached hydrogen (secondary N) is 1. The highest BCUT2D eigenvalue weighted by Gasteiger charge is 2.30. The van der Waals surface area contributed by atoms with Crippen LogP contribution in [0.3, 0.4) is 0 Å². The highest BCUT2D eigenvalue weighted by atomic mass is 19.4. The molecule has 19 heavy (non-hydrogen) atoms. The predicted octanol–water partition coefficient (Wildman–Crippen LogP) is 2.55. The van der Waals surface area contributed by atoms with E-state index in [1.807, 2.05) is 0 Å². The van der Waals surface area contributed by atoms with E-state index in [0.29, 0.717) is 12.1 Å². The summed E-state index contributed by atoms with van der Waals surface area (Å²) in [5, 5.41) is 2.75. The van der Waals surface area contributed by atoms with Gasteiger partial charge in [-0.2, -0.15) is 13.2 Å². The fourth-order valence-corrected chi connectivity index (χ4v) is 1.63. The van der Waals surface area contributed by atoms with Crippen molar-refractivity contribution in [2.24, 2.45) is 0 Å². The first-order valence-electron chi connectivity index (χ1n) is 5.69. The zero-order chi connectivity index (χ0) is 14.5. The van der Waals surface area contributed by atoms with Gasteiger partial charge in [-0.3, -0.25) is 4.90 Å². The second kappa shape index (κ2) is 6.81. The lowest BCUT2D eigenvalue weighted by Crippen LogP contribution is -2.37. The summed E-state index contributed by atoms with van der Waals surface area (Å²) in [6, 6.07) is 3.10. The van der Waals surface area contributed by atoms with E-state index < -0.39 is 24.4 Å². The van der Waals surface area contributed by atoms with E-state index in [9.17, 15) is 22.0 Å². The molecular formula is C12H15F5N2. The van der Waals surface area contributed by atoms with Gasteiger partial charge in [-0.25, -0.2) is 8.78 Å². The standard InChI is InChI=1S/C12H15F5N2/c1-18-4-5-19(8-12(15,16)17)7-9-2-3-10(13)11(14)6-9/h2-3,6,18H,4-5,7-8H2,1H3. The van der Waals surface area contributed by atoms with Crippen LogP contribution in [0.4, 0.5) is 22.0 Å². The molecule has 0 aromatic heterocycles. The summed E-state index contributed by atoms with van der Waals surface area (Å²) in [5.74, 6) is -2.07. The Morgan fingerprint density at radius 3 is 2.37 bits per heavy atom. The quantitative estimate of drug-likeness (QED) is 0.807. The molecule has 1 aromatic rings. The molecule has 0 atom stereocenters. The van der Waals surface area contributed by atoms with Gasteiger partial charge in [-0.05, 0) is 24.7 Å². The maximum Gasteiger partial charge on any atom is 0.401 e. The topological polar surface area (TPSA) is 15.3 Å². The van der Waals surface area contributed by atoms with E-state index in [1.165, 1.54) is 6.07 Å². The van der Waals surface area contributed by atoms with E-state index in [-0.39, 0.29) is 13.1 Å². The van der Waals surface area contributed by atoms with Crippen LogP contribution in [0.2, 0.25) is 0 Å². The highest BCUT2D eigenvalue weighted by molar-refractivity contribution is 5.17. The van der Waals surface area contributed by atoms with Gasteiger partial charge in [0.15, 0.2) is 11.6 Å². The molecule has 0 saturated carbocycles. The van der Waals surface area contributed by atoms with Gasteiger partial charge in [0.25, 0.3) is 0 Å². The Balaban J connectivity index is 2.72. The third kappa shape index (κ3) is 5.98. The van der Waals surface area contributed by atoms with Gasteiger partial charge in [0, 0.05) is 19.6 Å². The summed E-state index contributed by atoms with van der Waals surface area (Å²) in [6.07, 6.45) is -4.33. The number of likely N-dealkylation sites (N-methyl/N-ethyl adjacent to an activating group) is 1. The van der Waals surface area contributed by atoms with E-state index in [4.69, 9.17) is 0 Å². The largest absolute Gasteiger partial charge is 0.401 e. The molecular weight excluding hydrogens is 267 g/mol. The predicted molar refractivity (Wildman–Crippen MR) is 61.6 cm³/mol. The minimum Gasteiger partial charge on any atom is -0.318 e. The zero-order valence-electron chi connectivity index (χ0n) is 10.4. The maximum absolute atomic E-state index is 13.0. The van der Waals surface area contributed by atoms with Crippen molar-refractivity contribution in [3.63, 3.8) is 0 Å². The molecule has 0 aliphatic heterocycles. The summed E-state index contributed by atoms with van der Waals surface area (Å²) < 4.78 is 62.9. The minimum atomic E-state index is -4.33. The Morgan fingerprint density at radius 1 is 1.16 bits per heavy atom. The van der Waals surface area contributed by atoms with Crippen molar-refractivity contribution in [2.45, 2.75) is 12.7 Å². The summed E-state index contributed by atoms with van der Waals surface area (Å²) in [6.45, 7) is -0.638. The number of alkyl halides is 3. The molecule has 0 heterocycles. The van der Waals surface area contributed by atoms with Gasteiger partial charge < -0.3 is 5.32 Å². The zero-order valence-corrected chi connectivity index (χ0v) is 10.4. The van der Waals surface area contributed by atoms with Crippen LogP contribution in [0.15, 0.2) is 18.2 Å². The Kier molecular flexibility index (Phi) is 5.68. The van der Waals surface area contributed by atoms with Crippen molar-refractivity contribution in [2.75, 3.05) is 26.7 Å². The smallest absolute Gasteiger partial charge is 0.318 e. The van der Waals surface area contributed by atoms with Crippen molar-refractivity contribution in [1.29, 1.82) is 0 Å². The molecule has 7 heteroatoms. The van der Waals surface area contributed by atoms with E-state index in [0.717, 1.165) is 17.0 Å². The fraction of sp³-hybridized carbons (Fsp3) is 0.500. The Bertz CT molecular complexity index is 406. The lowest BCUT2D eigenvalue weighted by molar-refractivity contribution is -0.146. The first kappa shape index (κ1) is 15.8. The molecule has 0 saturated heterocycles. The van der Waals surface area contributed by atoms with Crippen molar-refractivity contribution < 1.29 is 22.0 Å². The fourth-order valence-electron chi connectivity index (χ4n) is 1.63. The average Bonchev–Trinajstić information content (AvgIpc) is 2.29. The van der Waals surface area contributed by atoms with Gasteiger partial charge in [0.05, 0.1) is 6.54 Å². The summed E-state index contributed by atoms with van der Waals surface area (Å²) in [4.78, 5) is 1.13. The first-order chi connectivity index (χ1) is 8.81. The van der Waals surface area contributed by atoms with Crippen LogP contribution >= 0.6 is 0 Å². The van der Waals surface area contributed by atoms with Gasteiger partial charge in [-0.1, -0.05) is 6.07 Å². The van der Waals surface area contributed by atoms with E-state index in [1.54, 1.807) is 7.05 Å². The minimum absolute atomic E-state index is 0.0849. The number of nitrogens with zero attached hydrogens (tertiary/aromatic N) is 1. The Hall–Kier alpha value is -1.21. The van der Waals surface area contributed by atoms with Crippen molar-refractivity contribution in [1.82, 2.24) is 10.2 Å². The molecule has 0 spiro atoms. The maximum atomic E-state index is 13.0. The van der Waals surface area contributed by atoms with Crippen LogP contribution in [-0.2, 0) is 6.54 Å². The molecule has 1 N–H and O–H groups in total. The van der Waals surface area contributed by atoms with Crippen LogP contribution in [0, 0.1) is 11.6 Å². The second-order valence-corrected chi connectivity index (χ2v) is 4.18. The molecule has 1 rings (SSSR count). The normalized spacial score (nSPS) is 12.2. The molecule has 0 bridgehead atoms. The first-order valence-corrected chi connectivity index (χ1v) is 5.69. The van der Waals surface area contributed by atoms with Crippen LogP contribution in [0.25, 0.3) is 0 Å². The summed E-state index contributed by atoms with van der Waals surface area (Å²) in [7, 11) is 1.63. The lowest BCUT2D eigenvalue weighted by Gasteiger charge is -2.23. The monoisotopic (exact) mass is 282 g/mol.